The number of benzene rings is 1. The van der Waals surface area contributed by atoms with Crippen LogP contribution < -0.4 is 11.1 Å². The number of hydrogen-bond acceptors (Lipinski definition) is 3. The maximum Gasteiger partial charge on any atom is 0.124 e. The summed E-state index contributed by atoms with van der Waals surface area (Å²) in [6.45, 7) is 1.26. The molecule has 0 aliphatic carbocycles. The van der Waals surface area contributed by atoms with E-state index in [-0.39, 0.29) is 5.84 Å². The molecule has 0 radical (unpaired) electrons. The van der Waals surface area contributed by atoms with Gasteiger partial charge >= 0.3 is 0 Å². The first-order chi connectivity index (χ1) is 7.15. The maximum absolute atomic E-state index is 7.40. The molecular formula is C10H14ClN3O. The molecule has 4 nitrogen and oxygen atoms in total. The molecule has 0 heterocycles. The molecule has 1 aromatic rings. The van der Waals surface area contributed by atoms with E-state index in [9.17, 15) is 0 Å². The molecule has 0 aromatic heterocycles. The molecule has 1 rings (SSSR count). The van der Waals surface area contributed by atoms with Crippen molar-refractivity contribution in [1.82, 2.24) is 0 Å². The number of anilines is 1. The highest BCUT2D eigenvalue weighted by Crippen LogP contribution is 2.19. The highest BCUT2D eigenvalue weighted by molar-refractivity contribution is 6.31. The van der Waals surface area contributed by atoms with Crippen LogP contribution in [0.4, 0.5) is 5.69 Å². The zero-order valence-corrected chi connectivity index (χ0v) is 9.27. The monoisotopic (exact) mass is 227 g/mol. The van der Waals surface area contributed by atoms with Crippen LogP contribution >= 0.6 is 11.6 Å². The van der Waals surface area contributed by atoms with E-state index in [1.54, 1.807) is 25.3 Å². The first-order valence-electron chi connectivity index (χ1n) is 4.52. The molecule has 0 saturated heterocycles. The number of halogens is 1. The van der Waals surface area contributed by atoms with Crippen LogP contribution in [0, 0.1) is 5.41 Å². The number of hydrogen-bond donors (Lipinski definition) is 3. The quantitative estimate of drug-likeness (QED) is 0.407. The minimum atomic E-state index is -0.00239. The Bertz CT molecular complexity index is 355. The lowest BCUT2D eigenvalue weighted by Crippen LogP contribution is -2.16. The normalized spacial score (nSPS) is 10.0. The summed E-state index contributed by atoms with van der Waals surface area (Å²) < 4.78 is 4.91. The second-order valence-corrected chi connectivity index (χ2v) is 3.46. The predicted octanol–water partition coefficient (Wildman–Crippen LogP) is 1.68. The predicted molar refractivity (Wildman–Crippen MR) is 62.8 cm³/mol. The lowest BCUT2D eigenvalue weighted by atomic mass is 10.1. The van der Waals surface area contributed by atoms with Crippen molar-refractivity contribution in [2.75, 3.05) is 25.6 Å². The van der Waals surface area contributed by atoms with Gasteiger partial charge in [-0.15, -0.1) is 0 Å². The number of amidine groups is 1. The standard InChI is InChI=1S/C10H14ClN3O/c1-15-5-4-14-9-3-2-7(11)6-8(9)10(12)13/h2-3,6,14H,4-5H2,1H3,(H3,12,13). The highest BCUT2D eigenvalue weighted by atomic mass is 35.5. The lowest BCUT2D eigenvalue weighted by molar-refractivity contribution is 0.211. The molecule has 1 aromatic carbocycles. The third-order valence-corrected chi connectivity index (χ3v) is 2.13. The average Bonchev–Trinajstić information content (AvgIpc) is 2.20. The lowest BCUT2D eigenvalue weighted by Gasteiger charge is -2.10. The van der Waals surface area contributed by atoms with Gasteiger partial charge in [-0.2, -0.15) is 0 Å². The fourth-order valence-corrected chi connectivity index (χ4v) is 1.35. The zero-order valence-electron chi connectivity index (χ0n) is 8.51. The fourth-order valence-electron chi connectivity index (χ4n) is 1.18. The van der Waals surface area contributed by atoms with Crippen molar-refractivity contribution in [3.63, 3.8) is 0 Å². The van der Waals surface area contributed by atoms with E-state index < -0.39 is 0 Å². The third kappa shape index (κ3) is 3.42. The first kappa shape index (κ1) is 11.8. The van der Waals surface area contributed by atoms with Gasteiger partial charge in [0.2, 0.25) is 0 Å². The second-order valence-electron chi connectivity index (χ2n) is 3.02. The molecule has 0 bridgehead atoms. The fraction of sp³-hybridized carbons (Fsp3) is 0.300. The summed E-state index contributed by atoms with van der Waals surface area (Å²) >= 11 is 5.82. The second kappa shape index (κ2) is 5.58. The van der Waals surface area contributed by atoms with E-state index in [1.165, 1.54) is 0 Å². The van der Waals surface area contributed by atoms with Crippen LogP contribution in [0.1, 0.15) is 5.56 Å². The maximum atomic E-state index is 7.40. The highest BCUT2D eigenvalue weighted by Gasteiger charge is 2.05. The Labute approximate surface area is 93.9 Å². The van der Waals surface area contributed by atoms with E-state index in [0.717, 1.165) is 5.69 Å². The van der Waals surface area contributed by atoms with E-state index >= 15 is 0 Å². The topological polar surface area (TPSA) is 71.1 Å². The van der Waals surface area contributed by atoms with Gasteiger partial charge in [-0.05, 0) is 18.2 Å². The van der Waals surface area contributed by atoms with E-state index in [0.29, 0.717) is 23.7 Å². The van der Waals surface area contributed by atoms with Crippen molar-refractivity contribution >= 4 is 23.1 Å². The van der Waals surface area contributed by atoms with Crippen LogP contribution in [0.15, 0.2) is 18.2 Å². The third-order valence-electron chi connectivity index (χ3n) is 1.89. The number of rotatable bonds is 5. The van der Waals surface area contributed by atoms with Gasteiger partial charge in [-0.3, -0.25) is 5.41 Å². The van der Waals surface area contributed by atoms with Crippen molar-refractivity contribution in [2.24, 2.45) is 5.73 Å². The van der Waals surface area contributed by atoms with Crippen molar-refractivity contribution < 1.29 is 4.74 Å². The number of methoxy groups -OCH3 is 1. The minimum Gasteiger partial charge on any atom is -0.384 e. The summed E-state index contributed by atoms with van der Waals surface area (Å²) in [5.74, 6) is -0.00239. The van der Waals surface area contributed by atoms with Gasteiger partial charge in [0.1, 0.15) is 5.84 Å². The number of nitrogen functional groups attached to an aromatic ring is 1. The van der Waals surface area contributed by atoms with Crippen LogP contribution in [0.25, 0.3) is 0 Å². The molecule has 0 aliphatic heterocycles. The van der Waals surface area contributed by atoms with Crippen LogP contribution in [0.2, 0.25) is 5.02 Å². The molecule has 82 valence electrons. The average molecular weight is 228 g/mol. The molecule has 0 amide bonds. The van der Waals surface area contributed by atoms with E-state index in [2.05, 4.69) is 5.32 Å². The summed E-state index contributed by atoms with van der Waals surface area (Å²) in [7, 11) is 1.63. The molecule has 4 N–H and O–H groups in total. The van der Waals surface area contributed by atoms with Gasteiger partial charge in [0.25, 0.3) is 0 Å². The van der Waals surface area contributed by atoms with Crippen molar-refractivity contribution in [3.8, 4) is 0 Å². The first-order valence-corrected chi connectivity index (χ1v) is 4.89. The summed E-state index contributed by atoms with van der Waals surface area (Å²) in [6.07, 6.45) is 0. The van der Waals surface area contributed by atoms with Crippen LogP contribution in [-0.4, -0.2) is 26.1 Å². The van der Waals surface area contributed by atoms with Gasteiger partial charge < -0.3 is 15.8 Å². The van der Waals surface area contributed by atoms with E-state index in [4.69, 9.17) is 27.5 Å². The van der Waals surface area contributed by atoms with Crippen molar-refractivity contribution in [2.45, 2.75) is 0 Å². The molecule has 0 aliphatic rings. The molecule has 5 heteroatoms. The number of nitrogens with one attached hydrogen (secondary N) is 2. The summed E-state index contributed by atoms with van der Waals surface area (Å²) in [5, 5.41) is 11.1. The van der Waals surface area contributed by atoms with E-state index in [1.807, 2.05) is 0 Å². The summed E-state index contributed by atoms with van der Waals surface area (Å²) in [5.41, 5.74) is 6.85. The Kier molecular flexibility index (Phi) is 4.39. The smallest absolute Gasteiger partial charge is 0.124 e. The van der Waals surface area contributed by atoms with Gasteiger partial charge in [0.05, 0.1) is 6.61 Å². The van der Waals surface area contributed by atoms with Crippen molar-refractivity contribution in [1.29, 1.82) is 5.41 Å². The summed E-state index contributed by atoms with van der Waals surface area (Å²) in [6, 6.07) is 5.22. The van der Waals surface area contributed by atoms with Gasteiger partial charge in [-0.1, -0.05) is 11.6 Å². The largest absolute Gasteiger partial charge is 0.384 e. The molecule has 0 unspecified atom stereocenters. The molecule has 0 saturated carbocycles. The molecule has 0 spiro atoms. The van der Waals surface area contributed by atoms with Crippen LogP contribution in [-0.2, 0) is 4.74 Å². The van der Waals surface area contributed by atoms with Crippen LogP contribution in [0.3, 0.4) is 0 Å². The number of nitrogens with two attached hydrogens (primary N) is 1. The van der Waals surface area contributed by atoms with Crippen molar-refractivity contribution in [3.05, 3.63) is 28.8 Å². The molecule has 15 heavy (non-hydrogen) atoms. The Hall–Kier alpha value is -1.26. The van der Waals surface area contributed by atoms with Gasteiger partial charge in [-0.25, -0.2) is 0 Å². The SMILES string of the molecule is COCCNc1ccc(Cl)cc1C(=N)N. The Balaban J connectivity index is 2.81. The van der Waals surface area contributed by atoms with Crippen LogP contribution in [0.5, 0.6) is 0 Å². The zero-order chi connectivity index (χ0) is 11.3. The molecule has 0 atom stereocenters. The minimum absolute atomic E-state index is 0.00239. The Morgan fingerprint density at radius 2 is 2.33 bits per heavy atom. The Morgan fingerprint density at radius 1 is 1.60 bits per heavy atom. The van der Waals surface area contributed by atoms with Gasteiger partial charge in [0, 0.05) is 29.9 Å². The summed E-state index contributed by atoms with van der Waals surface area (Å²) in [4.78, 5) is 0. The van der Waals surface area contributed by atoms with Gasteiger partial charge in [0.15, 0.2) is 0 Å². The Morgan fingerprint density at radius 3 is 2.93 bits per heavy atom. The molecular weight excluding hydrogens is 214 g/mol. The molecule has 0 fully saturated rings. The number of ether oxygens (including phenoxy) is 1.